The van der Waals surface area contributed by atoms with E-state index in [0.29, 0.717) is 13.0 Å². The van der Waals surface area contributed by atoms with Gasteiger partial charge >= 0.3 is 12.1 Å². The fraction of sp³-hybridized carbons (Fsp3) is 0.417. The second-order valence-corrected chi connectivity index (χ2v) is 4.26. The van der Waals surface area contributed by atoms with E-state index in [9.17, 15) is 18.0 Å². The molecule has 1 aromatic carbocycles. The minimum atomic E-state index is -4.46. The zero-order valence-electron chi connectivity index (χ0n) is 10.4. The van der Waals surface area contributed by atoms with Crippen molar-refractivity contribution in [2.75, 3.05) is 11.6 Å². The average Bonchev–Trinajstić information content (AvgIpc) is 2.26. The topological polar surface area (TPSA) is 29.5 Å². The zero-order chi connectivity index (χ0) is 14.6. The van der Waals surface area contributed by atoms with Gasteiger partial charge in [0.1, 0.15) is 0 Å². The summed E-state index contributed by atoms with van der Waals surface area (Å²) in [5.41, 5.74) is -0.618. The molecular formula is C12H13ClF3NO2. The van der Waals surface area contributed by atoms with Crippen LogP contribution in [0.15, 0.2) is 18.2 Å². The van der Waals surface area contributed by atoms with Crippen LogP contribution >= 0.6 is 11.6 Å². The number of halogens is 4. The number of anilines is 1. The smallest absolute Gasteiger partial charge is 0.341 e. The van der Waals surface area contributed by atoms with Crippen molar-refractivity contribution in [1.82, 2.24) is 0 Å². The van der Waals surface area contributed by atoms with Crippen molar-refractivity contribution in [3.05, 3.63) is 28.8 Å². The minimum Gasteiger partial charge on any atom is -0.341 e. The maximum atomic E-state index is 12.5. The molecule has 0 saturated carbocycles. The summed E-state index contributed by atoms with van der Waals surface area (Å²) in [6.45, 7) is 3.39. The third-order valence-electron chi connectivity index (χ3n) is 2.21. The molecule has 0 N–H and O–H groups in total. The molecule has 0 heterocycles. The highest BCUT2D eigenvalue weighted by atomic mass is 35.5. The van der Waals surface area contributed by atoms with Crippen LogP contribution in [-0.4, -0.2) is 12.5 Å². The van der Waals surface area contributed by atoms with E-state index >= 15 is 0 Å². The SMILES string of the molecule is CCCN(OC(C)=O)c1ccc(C(F)(F)F)cc1Cl. The standard InChI is InChI=1S/C12H13ClF3NO2/c1-3-6-17(19-8(2)18)11-5-4-9(7-10(11)13)12(14,15)16/h4-5,7H,3,6H2,1-2H3. The van der Waals surface area contributed by atoms with Crippen molar-refractivity contribution in [2.45, 2.75) is 26.4 Å². The number of hydroxylamine groups is 1. The lowest BCUT2D eigenvalue weighted by molar-refractivity contribution is -0.142. The van der Waals surface area contributed by atoms with Gasteiger partial charge in [-0.2, -0.15) is 13.2 Å². The van der Waals surface area contributed by atoms with Gasteiger partial charge in [-0.05, 0) is 24.6 Å². The fourth-order valence-corrected chi connectivity index (χ4v) is 1.73. The van der Waals surface area contributed by atoms with E-state index in [4.69, 9.17) is 16.4 Å². The molecule has 0 unspecified atom stereocenters. The van der Waals surface area contributed by atoms with Crippen molar-refractivity contribution in [3.63, 3.8) is 0 Å². The van der Waals surface area contributed by atoms with Gasteiger partial charge in [-0.3, -0.25) is 4.79 Å². The van der Waals surface area contributed by atoms with Crippen LogP contribution < -0.4 is 5.06 Å². The van der Waals surface area contributed by atoms with Gasteiger partial charge < -0.3 is 4.84 Å². The average molecular weight is 296 g/mol. The predicted molar refractivity (Wildman–Crippen MR) is 65.9 cm³/mol. The second kappa shape index (κ2) is 6.14. The molecule has 0 radical (unpaired) electrons. The van der Waals surface area contributed by atoms with E-state index in [1.165, 1.54) is 18.1 Å². The first-order valence-electron chi connectivity index (χ1n) is 5.58. The Balaban J connectivity index is 3.08. The third kappa shape index (κ3) is 4.31. The van der Waals surface area contributed by atoms with Crippen LogP contribution in [0.5, 0.6) is 0 Å². The molecule has 1 aromatic rings. The molecule has 19 heavy (non-hydrogen) atoms. The van der Waals surface area contributed by atoms with E-state index in [1.807, 2.05) is 6.92 Å². The van der Waals surface area contributed by atoms with Crippen LogP contribution in [-0.2, 0) is 15.8 Å². The van der Waals surface area contributed by atoms with Gasteiger partial charge in [0, 0.05) is 6.92 Å². The largest absolute Gasteiger partial charge is 0.416 e. The van der Waals surface area contributed by atoms with Gasteiger partial charge in [0.25, 0.3) is 0 Å². The third-order valence-corrected chi connectivity index (χ3v) is 2.51. The Labute approximate surface area is 113 Å². The van der Waals surface area contributed by atoms with Crippen LogP contribution in [0.25, 0.3) is 0 Å². The predicted octanol–water partition coefficient (Wildman–Crippen LogP) is 4.05. The summed E-state index contributed by atoms with van der Waals surface area (Å²) < 4.78 is 37.5. The number of rotatable bonds is 4. The van der Waals surface area contributed by atoms with Gasteiger partial charge in [0.15, 0.2) is 0 Å². The summed E-state index contributed by atoms with van der Waals surface area (Å²) in [7, 11) is 0. The van der Waals surface area contributed by atoms with E-state index < -0.39 is 17.7 Å². The van der Waals surface area contributed by atoms with E-state index in [2.05, 4.69) is 0 Å². The number of nitrogens with zero attached hydrogens (tertiary/aromatic N) is 1. The molecule has 0 fully saturated rings. The maximum absolute atomic E-state index is 12.5. The first kappa shape index (κ1) is 15.6. The molecule has 106 valence electrons. The van der Waals surface area contributed by atoms with E-state index in [1.54, 1.807) is 0 Å². The Kier molecular flexibility index (Phi) is 5.05. The number of hydrogen-bond donors (Lipinski definition) is 0. The molecule has 0 spiro atoms. The summed E-state index contributed by atoms with van der Waals surface area (Å²) in [4.78, 5) is 15.9. The molecular weight excluding hydrogens is 283 g/mol. The van der Waals surface area contributed by atoms with Crippen LogP contribution in [0.1, 0.15) is 25.8 Å². The normalized spacial score (nSPS) is 11.3. The van der Waals surface area contributed by atoms with Crippen molar-refractivity contribution in [2.24, 2.45) is 0 Å². The Morgan fingerprint density at radius 1 is 1.42 bits per heavy atom. The molecule has 0 aromatic heterocycles. The lowest BCUT2D eigenvalue weighted by atomic mass is 10.2. The quantitative estimate of drug-likeness (QED) is 0.785. The fourth-order valence-electron chi connectivity index (χ4n) is 1.46. The van der Waals surface area contributed by atoms with Crippen molar-refractivity contribution in [3.8, 4) is 0 Å². The van der Waals surface area contributed by atoms with Crippen molar-refractivity contribution in [1.29, 1.82) is 0 Å². The van der Waals surface area contributed by atoms with Crippen LogP contribution in [0.4, 0.5) is 18.9 Å². The van der Waals surface area contributed by atoms with Gasteiger partial charge in [0.2, 0.25) is 0 Å². The van der Waals surface area contributed by atoms with Crippen molar-refractivity contribution < 1.29 is 22.8 Å². The second-order valence-electron chi connectivity index (χ2n) is 3.85. The number of alkyl halides is 3. The molecule has 0 amide bonds. The number of hydrogen-bond acceptors (Lipinski definition) is 3. The molecule has 0 aliphatic heterocycles. The van der Waals surface area contributed by atoms with Gasteiger partial charge in [0.05, 0.1) is 22.8 Å². The molecule has 3 nitrogen and oxygen atoms in total. The van der Waals surface area contributed by atoms with E-state index in [0.717, 1.165) is 12.1 Å². The molecule has 0 saturated heterocycles. The lowest BCUT2D eigenvalue weighted by Gasteiger charge is -2.23. The van der Waals surface area contributed by atoms with Gasteiger partial charge in [-0.25, -0.2) is 5.06 Å². The number of carbonyl (C=O) groups is 1. The summed E-state index contributed by atoms with van der Waals surface area (Å²) in [6, 6.07) is 2.89. The molecule has 7 heteroatoms. The lowest BCUT2D eigenvalue weighted by Crippen LogP contribution is -2.27. The van der Waals surface area contributed by atoms with Crippen LogP contribution in [0.3, 0.4) is 0 Å². The molecule has 0 atom stereocenters. The number of carbonyl (C=O) groups excluding carboxylic acids is 1. The van der Waals surface area contributed by atoms with E-state index in [-0.39, 0.29) is 10.7 Å². The number of benzene rings is 1. The first-order chi connectivity index (χ1) is 8.75. The highest BCUT2D eigenvalue weighted by Crippen LogP contribution is 2.35. The van der Waals surface area contributed by atoms with Gasteiger partial charge in [-0.1, -0.05) is 18.5 Å². The Bertz CT molecular complexity index is 463. The summed E-state index contributed by atoms with van der Waals surface area (Å²) in [5, 5.41) is 1.06. The summed E-state index contributed by atoms with van der Waals surface area (Å²) in [5.74, 6) is -0.565. The Morgan fingerprint density at radius 3 is 2.47 bits per heavy atom. The summed E-state index contributed by atoms with van der Waals surface area (Å²) in [6.07, 6.45) is -3.82. The monoisotopic (exact) mass is 295 g/mol. The molecule has 0 aliphatic rings. The Hall–Kier alpha value is -1.43. The summed E-state index contributed by atoms with van der Waals surface area (Å²) >= 11 is 5.82. The molecule has 0 bridgehead atoms. The van der Waals surface area contributed by atoms with Crippen molar-refractivity contribution >= 4 is 23.3 Å². The van der Waals surface area contributed by atoms with Crippen LogP contribution in [0.2, 0.25) is 5.02 Å². The first-order valence-corrected chi connectivity index (χ1v) is 5.96. The zero-order valence-corrected chi connectivity index (χ0v) is 11.2. The Morgan fingerprint density at radius 2 is 2.05 bits per heavy atom. The minimum absolute atomic E-state index is 0.121. The maximum Gasteiger partial charge on any atom is 0.416 e. The van der Waals surface area contributed by atoms with Crippen LogP contribution in [0, 0.1) is 0 Å². The highest BCUT2D eigenvalue weighted by Gasteiger charge is 2.31. The molecule has 0 aliphatic carbocycles. The van der Waals surface area contributed by atoms with Gasteiger partial charge in [-0.15, -0.1) is 0 Å². The highest BCUT2D eigenvalue weighted by molar-refractivity contribution is 6.33. The molecule has 1 rings (SSSR count).